The molecule has 0 radical (unpaired) electrons. The monoisotopic (exact) mass is 443 g/mol. The van der Waals surface area contributed by atoms with Crippen molar-refractivity contribution in [2.75, 3.05) is 20.3 Å². The van der Waals surface area contributed by atoms with E-state index >= 15 is 0 Å². The van der Waals surface area contributed by atoms with Crippen LogP contribution in [0.15, 0.2) is 34.2 Å². The molecule has 132 valence electrons. The highest BCUT2D eigenvalue weighted by Gasteiger charge is 2.31. The zero-order chi connectivity index (χ0) is 18.6. The van der Waals surface area contributed by atoms with Gasteiger partial charge in [0.15, 0.2) is 18.1 Å². The van der Waals surface area contributed by atoms with Crippen molar-refractivity contribution in [3.63, 3.8) is 0 Å². The standard InChI is InChI=1S/C16H14BrNO5S2/c1-3-4-18-15(21)12(25-16(18)24)7-9-5-10(17)14(11(6-9)22-2)23-8-13(19)20/h3,5-7H,1,4,8H2,2H3,(H,19,20)/b12-7+. The van der Waals surface area contributed by atoms with Crippen LogP contribution in [-0.4, -0.2) is 46.5 Å². The second kappa shape index (κ2) is 8.50. The van der Waals surface area contributed by atoms with Crippen molar-refractivity contribution in [3.8, 4) is 11.5 Å². The van der Waals surface area contributed by atoms with Crippen molar-refractivity contribution in [2.45, 2.75) is 0 Å². The average Bonchev–Trinajstić information content (AvgIpc) is 2.81. The molecule has 0 atom stereocenters. The molecule has 0 aromatic heterocycles. The molecule has 1 aromatic carbocycles. The summed E-state index contributed by atoms with van der Waals surface area (Å²) in [5.41, 5.74) is 0.686. The Bertz CT molecular complexity index is 778. The summed E-state index contributed by atoms with van der Waals surface area (Å²) in [5.74, 6) is -0.648. The van der Waals surface area contributed by atoms with Gasteiger partial charge in [-0.05, 0) is 39.7 Å². The van der Waals surface area contributed by atoms with Gasteiger partial charge in [-0.1, -0.05) is 30.1 Å². The number of carboxylic acids is 1. The van der Waals surface area contributed by atoms with E-state index in [9.17, 15) is 9.59 Å². The van der Waals surface area contributed by atoms with Gasteiger partial charge in [0.2, 0.25) is 0 Å². The summed E-state index contributed by atoms with van der Waals surface area (Å²) in [6.45, 7) is 3.48. The Balaban J connectivity index is 2.33. The van der Waals surface area contributed by atoms with Gasteiger partial charge < -0.3 is 14.6 Å². The van der Waals surface area contributed by atoms with E-state index in [1.54, 1.807) is 24.3 Å². The second-order valence-electron chi connectivity index (χ2n) is 4.80. The van der Waals surface area contributed by atoms with Crippen LogP contribution in [0, 0.1) is 0 Å². The Hall–Kier alpha value is -1.84. The molecule has 0 spiro atoms. The molecule has 0 saturated carbocycles. The van der Waals surface area contributed by atoms with Crippen molar-refractivity contribution in [1.29, 1.82) is 0 Å². The zero-order valence-electron chi connectivity index (χ0n) is 13.2. The molecule has 0 unspecified atom stereocenters. The average molecular weight is 444 g/mol. The number of carbonyl (C=O) groups excluding carboxylic acids is 1. The summed E-state index contributed by atoms with van der Waals surface area (Å²) in [5, 5.41) is 8.74. The Morgan fingerprint density at radius 2 is 2.24 bits per heavy atom. The predicted octanol–water partition coefficient (Wildman–Crippen LogP) is 3.31. The topological polar surface area (TPSA) is 76.1 Å². The Kier molecular flexibility index (Phi) is 6.63. The SMILES string of the molecule is C=CCN1C(=O)/C(=C\c2cc(Br)c(OCC(=O)O)c(OC)c2)SC1=S. The maximum Gasteiger partial charge on any atom is 0.341 e. The van der Waals surface area contributed by atoms with Crippen molar-refractivity contribution in [1.82, 2.24) is 4.90 Å². The van der Waals surface area contributed by atoms with Crippen molar-refractivity contribution in [2.24, 2.45) is 0 Å². The number of thiocarbonyl (C=S) groups is 1. The number of ether oxygens (including phenoxy) is 2. The lowest BCUT2D eigenvalue weighted by atomic mass is 10.2. The van der Waals surface area contributed by atoms with Crippen molar-refractivity contribution in [3.05, 3.63) is 39.7 Å². The number of carbonyl (C=O) groups is 2. The number of rotatable bonds is 7. The summed E-state index contributed by atoms with van der Waals surface area (Å²) in [7, 11) is 1.45. The highest BCUT2D eigenvalue weighted by Crippen LogP contribution is 2.39. The number of halogens is 1. The molecule has 1 N–H and O–H groups in total. The Morgan fingerprint density at radius 1 is 1.52 bits per heavy atom. The summed E-state index contributed by atoms with van der Waals surface area (Å²) in [6, 6.07) is 3.36. The molecule has 1 amide bonds. The molecule has 25 heavy (non-hydrogen) atoms. The summed E-state index contributed by atoms with van der Waals surface area (Å²) >= 11 is 9.74. The van der Waals surface area contributed by atoms with Crippen molar-refractivity contribution >= 4 is 62.2 Å². The minimum Gasteiger partial charge on any atom is -0.493 e. The van der Waals surface area contributed by atoms with Crippen LogP contribution in [0.5, 0.6) is 11.5 Å². The van der Waals surface area contributed by atoms with Crippen LogP contribution >= 0.6 is 39.9 Å². The van der Waals surface area contributed by atoms with Crippen LogP contribution < -0.4 is 9.47 Å². The molecule has 1 heterocycles. The third-order valence-corrected chi connectivity index (χ3v) is 5.04. The number of aliphatic carboxylic acids is 1. The molecule has 2 rings (SSSR count). The summed E-state index contributed by atoms with van der Waals surface area (Å²) in [6.07, 6.45) is 3.30. The third-order valence-electron chi connectivity index (χ3n) is 3.07. The number of carboxylic acid groups (broad SMARTS) is 1. The van der Waals surface area contributed by atoms with E-state index in [-0.39, 0.29) is 11.7 Å². The van der Waals surface area contributed by atoms with Crippen LogP contribution in [0.1, 0.15) is 5.56 Å². The summed E-state index contributed by atoms with van der Waals surface area (Å²) < 4.78 is 11.5. The van der Waals surface area contributed by atoms with Crippen LogP contribution in [-0.2, 0) is 9.59 Å². The van der Waals surface area contributed by atoms with Crippen molar-refractivity contribution < 1.29 is 24.2 Å². The first kappa shape index (κ1) is 19.5. The van der Waals surface area contributed by atoms with Gasteiger partial charge in [0.25, 0.3) is 5.91 Å². The molecule has 1 saturated heterocycles. The van der Waals surface area contributed by atoms with Gasteiger partial charge in [-0.25, -0.2) is 4.79 Å². The molecule has 1 aliphatic rings. The molecule has 9 heteroatoms. The molecule has 6 nitrogen and oxygen atoms in total. The minimum absolute atomic E-state index is 0.184. The van der Waals surface area contributed by atoms with Gasteiger partial charge in [-0.2, -0.15) is 0 Å². The molecule has 1 aliphatic heterocycles. The van der Waals surface area contributed by atoms with Gasteiger partial charge in [-0.3, -0.25) is 9.69 Å². The fraction of sp³-hybridized carbons (Fsp3) is 0.188. The van der Waals surface area contributed by atoms with Gasteiger partial charge in [-0.15, -0.1) is 6.58 Å². The highest BCUT2D eigenvalue weighted by molar-refractivity contribution is 9.10. The Morgan fingerprint density at radius 3 is 2.84 bits per heavy atom. The first-order valence-electron chi connectivity index (χ1n) is 6.95. The molecular weight excluding hydrogens is 430 g/mol. The fourth-order valence-corrected chi connectivity index (χ4v) is 3.88. The van der Waals surface area contributed by atoms with E-state index in [1.807, 2.05) is 0 Å². The normalized spacial score (nSPS) is 15.6. The molecule has 1 fully saturated rings. The van der Waals surface area contributed by atoms with E-state index in [2.05, 4.69) is 22.5 Å². The van der Waals surface area contributed by atoms with Gasteiger partial charge >= 0.3 is 5.97 Å². The van der Waals surface area contributed by atoms with E-state index in [0.717, 1.165) is 0 Å². The first-order chi connectivity index (χ1) is 11.9. The van der Waals surface area contributed by atoms with E-state index < -0.39 is 12.6 Å². The van der Waals surface area contributed by atoms with Gasteiger partial charge in [0.05, 0.1) is 16.5 Å². The lowest BCUT2D eigenvalue weighted by molar-refractivity contribution is -0.139. The largest absolute Gasteiger partial charge is 0.493 e. The van der Waals surface area contributed by atoms with Gasteiger partial charge in [0.1, 0.15) is 4.32 Å². The summed E-state index contributed by atoms with van der Waals surface area (Å²) in [4.78, 5) is 25.0. The zero-order valence-corrected chi connectivity index (χ0v) is 16.4. The lowest BCUT2D eigenvalue weighted by Crippen LogP contribution is -2.27. The lowest BCUT2D eigenvalue weighted by Gasteiger charge is -2.12. The molecular formula is C16H14BrNO5S2. The number of benzene rings is 1. The van der Waals surface area contributed by atoms with Crippen LogP contribution in [0.4, 0.5) is 0 Å². The first-order valence-corrected chi connectivity index (χ1v) is 8.97. The smallest absolute Gasteiger partial charge is 0.341 e. The molecule has 1 aromatic rings. The quantitative estimate of drug-likeness (QED) is 0.393. The predicted molar refractivity (Wildman–Crippen MR) is 104 cm³/mol. The highest BCUT2D eigenvalue weighted by atomic mass is 79.9. The number of amides is 1. The Labute approximate surface area is 162 Å². The third kappa shape index (κ3) is 4.62. The number of hydrogen-bond acceptors (Lipinski definition) is 6. The van der Waals surface area contributed by atoms with Crippen LogP contribution in [0.25, 0.3) is 6.08 Å². The maximum absolute atomic E-state index is 12.4. The maximum atomic E-state index is 12.4. The fourth-order valence-electron chi connectivity index (χ4n) is 2.03. The second-order valence-corrected chi connectivity index (χ2v) is 7.33. The van der Waals surface area contributed by atoms with Crippen LogP contribution in [0.2, 0.25) is 0 Å². The van der Waals surface area contributed by atoms with E-state index in [0.29, 0.717) is 31.6 Å². The molecule has 0 aliphatic carbocycles. The van der Waals surface area contributed by atoms with E-state index in [1.165, 1.54) is 23.8 Å². The number of methoxy groups -OCH3 is 1. The van der Waals surface area contributed by atoms with Gasteiger partial charge in [0, 0.05) is 6.54 Å². The minimum atomic E-state index is -1.09. The number of hydrogen-bond donors (Lipinski definition) is 1. The van der Waals surface area contributed by atoms with Crippen LogP contribution in [0.3, 0.4) is 0 Å². The van der Waals surface area contributed by atoms with E-state index in [4.69, 9.17) is 26.8 Å². The number of thioether (sulfide) groups is 1. The number of nitrogens with zero attached hydrogens (tertiary/aromatic N) is 1. The molecule has 0 bridgehead atoms.